The maximum absolute atomic E-state index is 9.34. The zero-order valence-electron chi connectivity index (χ0n) is 11.9. The molecule has 3 aromatic rings. The Kier molecular flexibility index (Phi) is 4.56. The summed E-state index contributed by atoms with van der Waals surface area (Å²) in [6, 6.07) is 14.4. The first-order valence-electron chi connectivity index (χ1n) is 6.74. The average molecular weight is 327 g/mol. The first-order chi connectivity index (χ1) is 10.7. The van der Waals surface area contributed by atoms with Gasteiger partial charge in [-0.25, -0.2) is 0 Å². The van der Waals surface area contributed by atoms with Gasteiger partial charge in [-0.2, -0.15) is 5.26 Å². The Hall–Kier alpha value is -2.10. The number of nitrogens with zero attached hydrogens (tertiary/aromatic N) is 3. The van der Waals surface area contributed by atoms with Gasteiger partial charge < -0.3 is 4.42 Å². The lowest BCUT2D eigenvalue weighted by molar-refractivity contribution is 0.466. The SMILES string of the molecule is Cc1ccc(CC(C#N)Sc2nnc(-c3cccs3)o2)cc1. The second kappa shape index (κ2) is 6.77. The van der Waals surface area contributed by atoms with Crippen LogP contribution in [0.15, 0.2) is 51.4 Å². The summed E-state index contributed by atoms with van der Waals surface area (Å²) in [7, 11) is 0. The molecule has 2 heterocycles. The molecule has 1 unspecified atom stereocenters. The molecule has 0 amide bonds. The highest BCUT2D eigenvalue weighted by Gasteiger charge is 2.16. The number of aryl methyl sites for hydroxylation is 1. The van der Waals surface area contributed by atoms with Crippen LogP contribution >= 0.6 is 23.1 Å². The molecule has 0 saturated carbocycles. The summed E-state index contributed by atoms with van der Waals surface area (Å²) in [4.78, 5) is 0.936. The second-order valence-corrected chi connectivity index (χ2v) is 6.88. The number of rotatable bonds is 5. The number of benzene rings is 1. The third-order valence-electron chi connectivity index (χ3n) is 3.07. The van der Waals surface area contributed by atoms with Gasteiger partial charge in [-0.15, -0.1) is 21.5 Å². The summed E-state index contributed by atoms with van der Waals surface area (Å²) < 4.78 is 5.62. The normalized spacial score (nSPS) is 12.0. The van der Waals surface area contributed by atoms with E-state index in [1.165, 1.54) is 17.3 Å². The van der Waals surface area contributed by atoms with Crippen LogP contribution in [0.1, 0.15) is 11.1 Å². The van der Waals surface area contributed by atoms with E-state index in [0.29, 0.717) is 17.5 Å². The Balaban J connectivity index is 1.68. The molecule has 0 N–H and O–H groups in total. The van der Waals surface area contributed by atoms with E-state index in [0.717, 1.165) is 10.4 Å². The highest BCUT2D eigenvalue weighted by Crippen LogP contribution is 2.29. The minimum atomic E-state index is -0.251. The Morgan fingerprint density at radius 2 is 2.09 bits per heavy atom. The highest BCUT2D eigenvalue weighted by atomic mass is 32.2. The number of hydrogen-bond donors (Lipinski definition) is 0. The largest absolute Gasteiger partial charge is 0.410 e. The van der Waals surface area contributed by atoms with E-state index in [2.05, 4.69) is 28.4 Å². The van der Waals surface area contributed by atoms with Crippen LogP contribution in [-0.2, 0) is 6.42 Å². The molecule has 0 bridgehead atoms. The van der Waals surface area contributed by atoms with Crippen molar-refractivity contribution in [2.75, 3.05) is 0 Å². The van der Waals surface area contributed by atoms with Crippen molar-refractivity contribution in [2.24, 2.45) is 0 Å². The highest BCUT2D eigenvalue weighted by molar-refractivity contribution is 7.99. The third kappa shape index (κ3) is 3.56. The van der Waals surface area contributed by atoms with Crippen LogP contribution in [0.4, 0.5) is 0 Å². The molecule has 2 aromatic heterocycles. The molecule has 0 aliphatic carbocycles. The summed E-state index contributed by atoms with van der Waals surface area (Å²) in [5, 5.41) is 19.5. The molecule has 0 fully saturated rings. The van der Waals surface area contributed by atoms with Gasteiger partial charge in [0.15, 0.2) is 0 Å². The molecule has 4 nitrogen and oxygen atoms in total. The van der Waals surface area contributed by atoms with Crippen molar-refractivity contribution in [1.82, 2.24) is 10.2 Å². The number of aromatic nitrogens is 2. The predicted octanol–water partition coefficient (Wildman–Crippen LogP) is 4.33. The van der Waals surface area contributed by atoms with Gasteiger partial charge in [0, 0.05) is 0 Å². The molecule has 0 aliphatic rings. The average Bonchev–Trinajstić information content (AvgIpc) is 3.19. The van der Waals surface area contributed by atoms with Gasteiger partial charge in [-0.3, -0.25) is 0 Å². The third-order valence-corrected chi connectivity index (χ3v) is 4.85. The fraction of sp³-hybridized carbons (Fsp3) is 0.188. The molecule has 1 aromatic carbocycles. The molecule has 0 spiro atoms. The first kappa shape index (κ1) is 14.8. The quantitative estimate of drug-likeness (QED) is 0.653. The molecule has 0 aliphatic heterocycles. The maximum Gasteiger partial charge on any atom is 0.278 e. The standard InChI is InChI=1S/C16H13N3OS2/c1-11-4-6-12(7-5-11)9-13(10-17)22-16-19-18-15(20-16)14-3-2-8-21-14/h2-8,13H,9H2,1H3. The van der Waals surface area contributed by atoms with Crippen LogP contribution in [0.25, 0.3) is 10.8 Å². The zero-order chi connectivity index (χ0) is 15.4. The van der Waals surface area contributed by atoms with Crippen LogP contribution in [0.5, 0.6) is 0 Å². The van der Waals surface area contributed by atoms with Gasteiger partial charge in [-0.1, -0.05) is 35.9 Å². The lowest BCUT2D eigenvalue weighted by Crippen LogP contribution is -2.03. The van der Waals surface area contributed by atoms with Gasteiger partial charge in [0.2, 0.25) is 0 Å². The van der Waals surface area contributed by atoms with Crippen molar-refractivity contribution in [3.63, 3.8) is 0 Å². The molecule has 3 rings (SSSR count). The summed E-state index contributed by atoms with van der Waals surface area (Å²) in [6.07, 6.45) is 0.651. The summed E-state index contributed by atoms with van der Waals surface area (Å²) in [5.41, 5.74) is 2.34. The van der Waals surface area contributed by atoms with Gasteiger partial charge in [0.25, 0.3) is 11.1 Å². The number of nitriles is 1. The van der Waals surface area contributed by atoms with E-state index < -0.39 is 0 Å². The van der Waals surface area contributed by atoms with Crippen LogP contribution < -0.4 is 0 Å². The molecular formula is C16H13N3OS2. The summed E-state index contributed by atoms with van der Waals surface area (Å²) in [5.74, 6) is 0.504. The van der Waals surface area contributed by atoms with Crippen LogP contribution in [0.3, 0.4) is 0 Å². The molecular weight excluding hydrogens is 314 g/mol. The van der Waals surface area contributed by atoms with Crippen molar-refractivity contribution < 1.29 is 4.42 Å². The first-order valence-corrected chi connectivity index (χ1v) is 8.50. The van der Waals surface area contributed by atoms with E-state index in [-0.39, 0.29) is 5.25 Å². The van der Waals surface area contributed by atoms with Crippen molar-refractivity contribution in [3.05, 3.63) is 52.9 Å². The van der Waals surface area contributed by atoms with Crippen LogP contribution in [0.2, 0.25) is 0 Å². The molecule has 0 saturated heterocycles. The molecule has 6 heteroatoms. The Bertz CT molecular complexity index is 773. The Morgan fingerprint density at radius 3 is 2.77 bits per heavy atom. The van der Waals surface area contributed by atoms with E-state index in [4.69, 9.17) is 4.42 Å². The van der Waals surface area contributed by atoms with Gasteiger partial charge in [0.1, 0.15) is 5.25 Å². The number of thioether (sulfide) groups is 1. The Labute approximate surface area is 136 Å². The topological polar surface area (TPSA) is 62.7 Å². The fourth-order valence-corrected chi connectivity index (χ4v) is 3.36. The van der Waals surface area contributed by atoms with E-state index >= 15 is 0 Å². The Morgan fingerprint density at radius 1 is 1.27 bits per heavy atom. The maximum atomic E-state index is 9.34. The lowest BCUT2D eigenvalue weighted by Gasteiger charge is -2.06. The summed E-state index contributed by atoms with van der Waals surface area (Å²) in [6.45, 7) is 2.05. The minimum absolute atomic E-state index is 0.251. The van der Waals surface area contributed by atoms with Gasteiger partial charge >= 0.3 is 0 Å². The van der Waals surface area contributed by atoms with Crippen molar-refractivity contribution in [3.8, 4) is 16.8 Å². The minimum Gasteiger partial charge on any atom is -0.410 e. The van der Waals surface area contributed by atoms with Crippen molar-refractivity contribution in [1.29, 1.82) is 5.26 Å². The lowest BCUT2D eigenvalue weighted by atomic mass is 10.1. The van der Waals surface area contributed by atoms with E-state index in [1.807, 2.05) is 36.6 Å². The van der Waals surface area contributed by atoms with Gasteiger partial charge in [0.05, 0.1) is 10.9 Å². The van der Waals surface area contributed by atoms with Crippen LogP contribution in [-0.4, -0.2) is 15.4 Å². The number of thiophene rings is 1. The van der Waals surface area contributed by atoms with Gasteiger partial charge in [-0.05, 0) is 42.1 Å². The molecule has 22 heavy (non-hydrogen) atoms. The molecule has 1 atom stereocenters. The second-order valence-electron chi connectivity index (χ2n) is 4.78. The molecule has 110 valence electrons. The molecule has 0 radical (unpaired) electrons. The zero-order valence-corrected chi connectivity index (χ0v) is 13.5. The van der Waals surface area contributed by atoms with Crippen molar-refractivity contribution in [2.45, 2.75) is 23.8 Å². The van der Waals surface area contributed by atoms with Crippen LogP contribution in [0, 0.1) is 18.3 Å². The fourth-order valence-electron chi connectivity index (χ4n) is 1.93. The van der Waals surface area contributed by atoms with E-state index in [9.17, 15) is 5.26 Å². The van der Waals surface area contributed by atoms with Crippen molar-refractivity contribution >= 4 is 23.1 Å². The monoisotopic (exact) mass is 327 g/mol. The van der Waals surface area contributed by atoms with E-state index in [1.54, 1.807) is 11.3 Å². The number of hydrogen-bond acceptors (Lipinski definition) is 6. The predicted molar refractivity (Wildman–Crippen MR) is 87.8 cm³/mol. The smallest absolute Gasteiger partial charge is 0.278 e. The summed E-state index contributed by atoms with van der Waals surface area (Å²) >= 11 is 2.86.